The fraction of sp³-hybridized carbons (Fsp3) is 0.400. The summed E-state index contributed by atoms with van der Waals surface area (Å²) in [7, 11) is 0. The molecule has 0 radical (unpaired) electrons. The van der Waals surface area contributed by atoms with Gasteiger partial charge in [0.25, 0.3) is 0 Å². The van der Waals surface area contributed by atoms with Gasteiger partial charge >= 0.3 is 0 Å². The molecule has 0 aliphatic carbocycles. The summed E-state index contributed by atoms with van der Waals surface area (Å²) in [6, 6.07) is 17.5. The molecule has 0 heterocycles. The van der Waals surface area contributed by atoms with E-state index < -0.39 is 0 Å². The van der Waals surface area contributed by atoms with Crippen molar-refractivity contribution in [3.8, 4) is 11.1 Å². The molecule has 0 aromatic heterocycles. The Morgan fingerprint density at radius 1 is 0.727 bits per heavy atom. The van der Waals surface area contributed by atoms with Gasteiger partial charge in [-0.25, -0.2) is 0 Å². The molecular weight excluding hydrogens is 352 g/mol. The highest BCUT2D eigenvalue weighted by Gasteiger charge is 1.99. The Hall–Kier alpha value is -0.730. The third kappa shape index (κ3) is 6.18. The van der Waals surface area contributed by atoms with Crippen LogP contribution in [0.25, 0.3) is 11.1 Å². The minimum Gasteiger partial charge on any atom is -0.126 e. The fourth-order valence-electron chi connectivity index (χ4n) is 2.46. The third-order valence-corrected chi connectivity index (χ3v) is 5.43. The fourth-order valence-corrected chi connectivity index (χ4v) is 3.64. The molecule has 0 N–H and O–H groups in total. The van der Waals surface area contributed by atoms with Gasteiger partial charge < -0.3 is 0 Å². The summed E-state index contributed by atoms with van der Waals surface area (Å²) in [4.78, 5) is 1.38. The Labute approximate surface area is 147 Å². The van der Waals surface area contributed by atoms with E-state index >= 15 is 0 Å². The van der Waals surface area contributed by atoms with Crippen molar-refractivity contribution in [3.05, 3.63) is 53.0 Å². The van der Waals surface area contributed by atoms with E-state index in [2.05, 4.69) is 71.4 Å². The minimum atomic E-state index is 1.13. The van der Waals surface area contributed by atoms with Crippen molar-refractivity contribution >= 4 is 27.7 Å². The van der Waals surface area contributed by atoms with Gasteiger partial charge in [0, 0.05) is 9.37 Å². The van der Waals surface area contributed by atoms with E-state index in [0.29, 0.717) is 0 Å². The van der Waals surface area contributed by atoms with E-state index in [-0.39, 0.29) is 0 Å². The van der Waals surface area contributed by atoms with Crippen LogP contribution in [0.2, 0.25) is 0 Å². The van der Waals surface area contributed by atoms with E-state index in [4.69, 9.17) is 0 Å². The van der Waals surface area contributed by atoms with Crippen LogP contribution in [0.15, 0.2) is 57.9 Å². The number of hydrogen-bond donors (Lipinski definition) is 0. The van der Waals surface area contributed by atoms with Crippen molar-refractivity contribution in [1.29, 1.82) is 0 Å². The normalized spacial score (nSPS) is 10.8. The Kier molecular flexibility index (Phi) is 8.11. The van der Waals surface area contributed by atoms with Gasteiger partial charge in [0.15, 0.2) is 0 Å². The number of unbranched alkanes of at least 4 members (excludes halogenated alkanes) is 5. The van der Waals surface area contributed by atoms with Gasteiger partial charge in [-0.05, 0) is 47.6 Å². The quantitative estimate of drug-likeness (QED) is 0.321. The highest BCUT2D eigenvalue weighted by molar-refractivity contribution is 9.10. The zero-order chi connectivity index (χ0) is 15.6. The van der Waals surface area contributed by atoms with Crippen LogP contribution in [0.4, 0.5) is 0 Å². The Bertz CT molecular complexity index is 531. The molecule has 0 aliphatic rings. The summed E-state index contributed by atoms with van der Waals surface area (Å²) in [5, 5.41) is 0. The summed E-state index contributed by atoms with van der Waals surface area (Å²) in [5.41, 5.74) is 2.56. The lowest BCUT2D eigenvalue weighted by atomic mass is 10.1. The first-order valence-electron chi connectivity index (χ1n) is 8.28. The van der Waals surface area contributed by atoms with Crippen molar-refractivity contribution in [1.82, 2.24) is 0 Å². The van der Waals surface area contributed by atoms with Crippen molar-refractivity contribution in [3.63, 3.8) is 0 Å². The van der Waals surface area contributed by atoms with E-state index in [1.165, 1.54) is 60.3 Å². The monoisotopic (exact) mass is 376 g/mol. The van der Waals surface area contributed by atoms with Crippen LogP contribution in [0.3, 0.4) is 0 Å². The second kappa shape index (κ2) is 10.1. The van der Waals surface area contributed by atoms with Gasteiger partial charge in [0.05, 0.1) is 0 Å². The highest BCUT2D eigenvalue weighted by Crippen LogP contribution is 2.26. The SMILES string of the molecule is CCCCCCCCSc1ccc(-c2ccc(Br)cc2)cc1. The lowest BCUT2D eigenvalue weighted by molar-refractivity contribution is 0.627. The van der Waals surface area contributed by atoms with Gasteiger partial charge in [0.1, 0.15) is 0 Å². The first-order valence-corrected chi connectivity index (χ1v) is 10.1. The Balaban J connectivity index is 1.74. The molecule has 0 aliphatic heterocycles. The zero-order valence-corrected chi connectivity index (χ0v) is 15.8. The molecule has 2 aromatic rings. The first kappa shape index (κ1) is 17.6. The molecule has 0 nitrogen and oxygen atoms in total. The van der Waals surface area contributed by atoms with E-state index in [0.717, 1.165) is 4.47 Å². The van der Waals surface area contributed by atoms with Crippen molar-refractivity contribution in [2.45, 2.75) is 50.3 Å². The average Bonchev–Trinajstić information content (AvgIpc) is 2.55. The lowest BCUT2D eigenvalue weighted by Gasteiger charge is -2.05. The topological polar surface area (TPSA) is 0 Å². The van der Waals surface area contributed by atoms with Crippen LogP contribution in [0.1, 0.15) is 45.4 Å². The maximum atomic E-state index is 3.48. The van der Waals surface area contributed by atoms with E-state index in [1.807, 2.05) is 11.8 Å². The average molecular weight is 377 g/mol. The predicted octanol–water partition coefficient (Wildman–Crippen LogP) is 7.57. The van der Waals surface area contributed by atoms with Gasteiger partial charge in [-0.15, -0.1) is 11.8 Å². The summed E-state index contributed by atoms with van der Waals surface area (Å²) >= 11 is 5.46. The predicted molar refractivity (Wildman–Crippen MR) is 104 cm³/mol. The molecule has 0 saturated carbocycles. The maximum absolute atomic E-state index is 3.48. The molecule has 0 bridgehead atoms. The number of benzene rings is 2. The van der Waals surface area contributed by atoms with Gasteiger partial charge in [0.2, 0.25) is 0 Å². The second-order valence-corrected chi connectivity index (χ2v) is 7.73. The molecule has 0 amide bonds. The number of rotatable bonds is 9. The largest absolute Gasteiger partial charge is 0.126 e. The van der Waals surface area contributed by atoms with Crippen LogP contribution in [-0.2, 0) is 0 Å². The molecule has 118 valence electrons. The summed E-state index contributed by atoms with van der Waals surface area (Å²) < 4.78 is 1.13. The second-order valence-electron chi connectivity index (χ2n) is 5.65. The molecule has 2 heteroatoms. The van der Waals surface area contributed by atoms with Crippen LogP contribution in [0, 0.1) is 0 Å². The molecule has 0 spiro atoms. The summed E-state index contributed by atoms with van der Waals surface area (Å²) in [6.07, 6.45) is 8.25. The number of thioether (sulfide) groups is 1. The first-order chi connectivity index (χ1) is 10.8. The smallest absolute Gasteiger partial charge is 0.0175 e. The Morgan fingerprint density at radius 3 is 1.91 bits per heavy atom. The molecule has 0 atom stereocenters. The van der Waals surface area contributed by atoms with Crippen molar-refractivity contribution < 1.29 is 0 Å². The lowest BCUT2D eigenvalue weighted by Crippen LogP contribution is -1.83. The van der Waals surface area contributed by atoms with Crippen LogP contribution >= 0.6 is 27.7 Å². The van der Waals surface area contributed by atoms with Gasteiger partial charge in [-0.1, -0.05) is 79.2 Å². The minimum absolute atomic E-state index is 1.13. The van der Waals surface area contributed by atoms with E-state index in [1.54, 1.807) is 0 Å². The molecule has 2 rings (SSSR count). The standard InChI is InChI=1S/C20H25BrS/c1-2-3-4-5-6-7-16-22-20-14-10-18(11-15-20)17-8-12-19(21)13-9-17/h8-15H,2-7,16H2,1H3. The summed E-state index contributed by atoms with van der Waals surface area (Å²) in [6.45, 7) is 2.27. The maximum Gasteiger partial charge on any atom is 0.0175 e. The highest BCUT2D eigenvalue weighted by atomic mass is 79.9. The van der Waals surface area contributed by atoms with Crippen LogP contribution in [-0.4, -0.2) is 5.75 Å². The zero-order valence-electron chi connectivity index (χ0n) is 13.4. The molecule has 22 heavy (non-hydrogen) atoms. The van der Waals surface area contributed by atoms with Crippen LogP contribution in [0.5, 0.6) is 0 Å². The molecule has 2 aromatic carbocycles. The third-order valence-electron chi connectivity index (χ3n) is 3.80. The van der Waals surface area contributed by atoms with Gasteiger partial charge in [-0.3, -0.25) is 0 Å². The number of halogens is 1. The molecular formula is C20H25BrS. The Morgan fingerprint density at radius 2 is 1.27 bits per heavy atom. The van der Waals surface area contributed by atoms with Crippen molar-refractivity contribution in [2.75, 3.05) is 5.75 Å². The number of hydrogen-bond acceptors (Lipinski definition) is 1. The van der Waals surface area contributed by atoms with E-state index in [9.17, 15) is 0 Å². The van der Waals surface area contributed by atoms with Crippen molar-refractivity contribution in [2.24, 2.45) is 0 Å². The van der Waals surface area contributed by atoms with Crippen LogP contribution < -0.4 is 0 Å². The molecule has 0 fully saturated rings. The summed E-state index contributed by atoms with van der Waals surface area (Å²) in [5.74, 6) is 1.24. The van der Waals surface area contributed by atoms with Gasteiger partial charge in [-0.2, -0.15) is 0 Å². The molecule has 0 unspecified atom stereocenters. The molecule has 0 saturated heterocycles.